The first kappa shape index (κ1) is 29.1. The zero-order chi connectivity index (χ0) is 29.0. The van der Waals surface area contributed by atoms with Crippen molar-refractivity contribution in [2.75, 3.05) is 31.6 Å². The molecule has 3 aromatic carbocycles. The van der Waals surface area contributed by atoms with Crippen LogP contribution >= 0.6 is 11.8 Å². The molecule has 1 N–H and O–H groups in total. The molecule has 1 fully saturated rings. The molecule has 1 amide bonds. The van der Waals surface area contributed by atoms with Gasteiger partial charge in [-0.15, -0.1) is 0 Å². The van der Waals surface area contributed by atoms with Crippen LogP contribution in [-0.4, -0.2) is 53.6 Å². The van der Waals surface area contributed by atoms with Gasteiger partial charge in [-0.3, -0.25) is 4.79 Å². The van der Waals surface area contributed by atoms with Crippen LogP contribution in [0, 0.1) is 6.92 Å². The Balaban J connectivity index is 1.17. The average molecular weight is 567 g/mol. The number of ether oxygens (including phenoxy) is 1. The van der Waals surface area contributed by atoms with E-state index in [4.69, 9.17) is 9.63 Å². The van der Waals surface area contributed by atoms with Gasteiger partial charge in [0.05, 0.1) is 19.6 Å². The van der Waals surface area contributed by atoms with Crippen molar-refractivity contribution in [1.82, 2.24) is 14.4 Å². The van der Waals surface area contributed by atoms with Crippen LogP contribution in [0.2, 0.25) is 0 Å². The molecular formula is C33H39BN4O2S. The third-order valence-corrected chi connectivity index (χ3v) is 8.72. The Morgan fingerprint density at radius 3 is 2.39 bits per heavy atom. The number of nitrogens with one attached hydrogen (secondary N) is 1. The molecule has 0 radical (unpaired) electrons. The van der Waals surface area contributed by atoms with E-state index in [2.05, 4.69) is 99.2 Å². The molecule has 8 heteroatoms. The van der Waals surface area contributed by atoms with E-state index >= 15 is 0 Å². The zero-order valence-electron chi connectivity index (χ0n) is 24.7. The maximum absolute atomic E-state index is 12.5. The summed E-state index contributed by atoms with van der Waals surface area (Å²) in [4.78, 5) is 20.3. The number of aryl methyl sites for hydroxylation is 1. The first-order valence-electron chi connectivity index (χ1n) is 14.3. The van der Waals surface area contributed by atoms with Gasteiger partial charge in [0, 0.05) is 13.1 Å². The fraction of sp³-hybridized carbons (Fsp3) is 0.364. The first-order chi connectivity index (χ1) is 19.7. The standard InChI is InChI=1S/C33H39BN4O2S/c1-23-20-29(41-32-36-34-31(37(32)5)25-8-11-27(12-9-25)33(2,3)4)15-10-26(23)22-35-28-13-6-24(7-14-28)21-30(39)38-16-18-40-19-17-38/h6-15,20,35H,16-19,21-22H2,1-5H3. The Bertz CT molecular complexity index is 1490. The Kier molecular flexibility index (Phi) is 9.00. The normalized spacial score (nSPS) is 13.7. The summed E-state index contributed by atoms with van der Waals surface area (Å²) < 4.78 is 7.51. The third-order valence-electron chi connectivity index (χ3n) is 7.67. The van der Waals surface area contributed by atoms with Crippen molar-refractivity contribution < 1.29 is 9.53 Å². The van der Waals surface area contributed by atoms with Gasteiger partial charge in [-0.05, 0) is 5.56 Å². The minimum absolute atomic E-state index is 0.140. The molecular weight excluding hydrogens is 527 g/mol. The monoisotopic (exact) mass is 566 g/mol. The number of carbonyl (C=O) groups is 1. The SMILES string of the molecule is Cc1cc(Sc2nbc(-c3ccc(C(C)(C)C)cc3)n2C)ccc1CNc1ccc(CC(=O)N2CCOCC2)cc1. The van der Waals surface area contributed by atoms with Crippen LogP contribution in [0.15, 0.2) is 76.8 Å². The minimum atomic E-state index is 0.140. The van der Waals surface area contributed by atoms with Gasteiger partial charge in [-0.25, -0.2) is 0 Å². The van der Waals surface area contributed by atoms with Gasteiger partial charge in [-0.2, -0.15) is 0 Å². The molecule has 41 heavy (non-hydrogen) atoms. The van der Waals surface area contributed by atoms with Crippen LogP contribution in [0.5, 0.6) is 0 Å². The van der Waals surface area contributed by atoms with E-state index in [0.29, 0.717) is 32.7 Å². The van der Waals surface area contributed by atoms with Crippen molar-refractivity contribution in [3.63, 3.8) is 0 Å². The molecule has 6 nitrogen and oxygen atoms in total. The number of carbonyl (C=O) groups excluding carboxylic acids is 1. The van der Waals surface area contributed by atoms with E-state index in [1.165, 1.54) is 27.1 Å². The van der Waals surface area contributed by atoms with Crippen LogP contribution in [0.1, 0.15) is 43.0 Å². The number of morpholine rings is 1. The number of rotatable bonds is 8. The van der Waals surface area contributed by atoms with Crippen molar-refractivity contribution in [3.05, 3.63) is 89.0 Å². The Hall–Kier alpha value is -3.36. The Morgan fingerprint density at radius 2 is 1.73 bits per heavy atom. The Labute approximate surface area is 248 Å². The molecule has 4 aromatic rings. The quantitative estimate of drug-likeness (QED) is 0.276. The fourth-order valence-corrected chi connectivity index (χ4v) is 5.89. The summed E-state index contributed by atoms with van der Waals surface area (Å²) in [5.41, 5.74) is 8.32. The summed E-state index contributed by atoms with van der Waals surface area (Å²) >= 11 is 1.68. The number of amides is 1. The van der Waals surface area contributed by atoms with Gasteiger partial charge in [0.1, 0.15) is 0 Å². The molecule has 1 aromatic heterocycles. The van der Waals surface area contributed by atoms with Crippen molar-refractivity contribution in [2.45, 2.75) is 56.1 Å². The van der Waals surface area contributed by atoms with E-state index in [9.17, 15) is 4.79 Å². The van der Waals surface area contributed by atoms with Crippen LogP contribution in [-0.2, 0) is 35.0 Å². The molecule has 212 valence electrons. The number of hydrogen-bond acceptors (Lipinski definition) is 5. The molecule has 5 rings (SSSR count). The number of benzene rings is 3. The van der Waals surface area contributed by atoms with Gasteiger partial charge < -0.3 is 9.64 Å². The summed E-state index contributed by atoms with van der Waals surface area (Å²) in [5, 5.41) is 4.49. The molecule has 1 aliphatic heterocycles. The van der Waals surface area contributed by atoms with E-state index < -0.39 is 0 Å². The third kappa shape index (κ3) is 7.30. The fourth-order valence-electron chi connectivity index (χ4n) is 4.97. The van der Waals surface area contributed by atoms with E-state index in [1.807, 2.05) is 24.1 Å². The molecule has 1 aliphatic rings. The molecule has 0 saturated carbocycles. The molecule has 0 atom stereocenters. The number of nitrogens with zero attached hydrogens (tertiary/aromatic N) is 3. The number of anilines is 1. The van der Waals surface area contributed by atoms with Gasteiger partial charge in [0.2, 0.25) is 5.91 Å². The topological polar surface area (TPSA) is 59.4 Å². The second-order valence-corrected chi connectivity index (χ2v) is 12.8. The maximum atomic E-state index is 12.5. The summed E-state index contributed by atoms with van der Waals surface area (Å²) in [6, 6.07) is 23.6. The summed E-state index contributed by atoms with van der Waals surface area (Å²) in [6.07, 6.45) is 0.430. The Morgan fingerprint density at radius 1 is 1.02 bits per heavy atom. The summed E-state index contributed by atoms with van der Waals surface area (Å²) in [7, 11) is 4.04. The molecule has 2 heterocycles. The summed E-state index contributed by atoms with van der Waals surface area (Å²) in [6.45, 7) is 12.2. The van der Waals surface area contributed by atoms with Crippen molar-refractivity contribution in [3.8, 4) is 11.2 Å². The molecule has 0 spiro atoms. The average Bonchev–Trinajstić information content (AvgIpc) is 3.33. The predicted molar refractivity (Wildman–Crippen MR) is 169 cm³/mol. The van der Waals surface area contributed by atoms with E-state index in [1.54, 1.807) is 11.8 Å². The van der Waals surface area contributed by atoms with Crippen LogP contribution in [0.4, 0.5) is 5.69 Å². The van der Waals surface area contributed by atoms with Gasteiger partial charge in [0.25, 0.3) is 0 Å². The predicted octanol–water partition coefficient (Wildman–Crippen LogP) is 6.20. The van der Waals surface area contributed by atoms with Gasteiger partial charge in [-0.1, -0.05) is 0 Å². The van der Waals surface area contributed by atoms with Crippen molar-refractivity contribution in [2.24, 2.45) is 7.05 Å². The van der Waals surface area contributed by atoms with Crippen molar-refractivity contribution >= 4 is 30.4 Å². The first-order valence-corrected chi connectivity index (χ1v) is 15.1. The molecule has 1 saturated heterocycles. The summed E-state index contributed by atoms with van der Waals surface area (Å²) in [5.74, 6) is 0.166. The molecule has 0 aliphatic carbocycles. The molecule has 0 bridgehead atoms. The van der Waals surface area contributed by atoms with Gasteiger partial charge in [0.15, 0.2) is 0 Å². The number of aromatic nitrogens is 2. The second kappa shape index (κ2) is 12.7. The van der Waals surface area contributed by atoms with E-state index in [-0.39, 0.29) is 11.3 Å². The molecule has 0 unspecified atom stereocenters. The van der Waals surface area contributed by atoms with E-state index in [0.717, 1.165) is 28.5 Å². The van der Waals surface area contributed by atoms with Gasteiger partial charge >= 0.3 is 191 Å². The second-order valence-electron chi connectivity index (χ2n) is 11.7. The zero-order valence-corrected chi connectivity index (χ0v) is 25.6. The van der Waals surface area contributed by atoms with Crippen LogP contribution in [0.25, 0.3) is 11.2 Å². The number of hydrogen-bond donors (Lipinski definition) is 1. The van der Waals surface area contributed by atoms with Crippen molar-refractivity contribution in [1.29, 1.82) is 0 Å². The van der Waals surface area contributed by atoms with Crippen LogP contribution < -0.4 is 5.32 Å². The van der Waals surface area contributed by atoms with Crippen LogP contribution in [0.3, 0.4) is 0 Å².